The van der Waals surface area contributed by atoms with E-state index in [-0.39, 0.29) is 18.6 Å². The van der Waals surface area contributed by atoms with Gasteiger partial charge in [-0.15, -0.1) is 0 Å². The number of carbonyl (C=O) groups excluding carboxylic acids is 1. The minimum atomic E-state index is 0.00556. The minimum Gasteiger partial charge on any atom is -0.484 e. The lowest BCUT2D eigenvalue weighted by molar-refractivity contribution is -0.120. The van der Waals surface area contributed by atoms with Crippen LogP contribution in [0.1, 0.15) is 12.5 Å². The quantitative estimate of drug-likeness (QED) is 0.746. The second-order valence-corrected chi connectivity index (χ2v) is 6.43. The number of fused-ring (bicyclic) bond motifs is 1. The average Bonchev–Trinajstić information content (AvgIpc) is 2.82. The van der Waals surface area contributed by atoms with E-state index in [2.05, 4.69) is 35.6 Å². The highest BCUT2D eigenvalue weighted by Crippen LogP contribution is 2.31. The average molecular weight is 393 g/mol. The molecule has 1 aliphatic heterocycles. The van der Waals surface area contributed by atoms with Crippen LogP contribution < -0.4 is 9.64 Å². The van der Waals surface area contributed by atoms with E-state index in [0.29, 0.717) is 0 Å². The van der Waals surface area contributed by atoms with Crippen LogP contribution in [0.2, 0.25) is 0 Å². The van der Waals surface area contributed by atoms with E-state index in [0.717, 1.165) is 21.4 Å². The number of hydrogen-bond acceptors (Lipinski definition) is 2. The normalized spacial score (nSPS) is 16.7. The number of nitrogens with zero attached hydrogens (tertiary/aromatic N) is 1. The van der Waals surface area contributed by atoms with Crippen molar-refractivity contribution in [3.05, 3.63) is 57.7 Å². The molecule has 0 bridgehead atoms. The summed E-state index contributed by atoms with van der Waals surface area (Å²) < 4.78 is 6.75. The summed E-state index contributed by atoms with van der Waals surface area (Å²) >= 11 is 2.24. The van der Waals surface area contributed by atoms with Crippen LogP contribution in [0.4, 0.5) is 5.69 Å². The summed E-state index contributed by atoms with van der Waals surface area (Å²) in [4.78, 5) is 14.3. The molecule has 1 heterocycles. The summed E-state index contributed by atoms with van der Waals surface area (Å²) in [6, 6.07) is 16.0. The van der Waals surface area contributed by atoms with Crippen LogP contribution >= 0.6 is 22.6 Å². The second kappa shape index (κ2) is 6.05. The van der Waals surface area contributed by atoms with Gasteiger partial charge in [-0.1, -0.05) is 18.2 Å². The Morgan fingerprint density at radius 3 is 2.71 bits per heavy atom. The molecule has 2 aromatic rings. The topological polar surface area (TPSA) is 29.5 Å². The van der Waals surface area contributed by atoms with Crippen molar-refractivity contribution in [2.45, 2.75) is 19.4 Å². The molecule has 3 nitrogen and oxygen atoms in total. The van der Waals surface area contributed by atoms with Gasteiger partial charge in [0.15, 0.2) is 6.61 Å². The van der Waals surface area contributed by atoms with Crippen molar-refractivity contribution in [1.82, 2.24) is 0 Å². The van der Waals surface area contributed by atoms with Gasteiger partial charge in [0, 0.05) is 15.3 Å². The first kappa shape index (κ1) is 14.4. The van der Waals surface area contributed by atoms with Crippen molar-refractivity contribution < 1.29 is 9.53 Å². The van der Waals surface area contributed by atoms with Gasteiger partial charge in [-0.25, -0.2) is 0 Å². The molecule has 1 atom stereocenters. The van der Waals surface area contributed by atoms with Crippen LogP contribution in [0.25, 0.3) is 0 Å². The van der Waals surface area contributed by atoms with Gasteiger partial charge in [-0.05, 0) is 71.8 Å². The van der Waals surface area contributed by atoms with Crippen LogP contribution in [-0.2, 0) is 11.2 Å². The zero-order chi connectivity index (χ0) is 14.8. The van der Waals surface area contributed by atoms with Crippen molar-refractivity contribution in [2.24, 2.45) is 0 Å². The molecule has 108 valence electrons. The molecule has 0 aromatic heterocycles. The molecule has 0 fully saturated rings. The first-order valence-corrected chi connectivity index (χ1v) is 8.01. The lowest BCUT2D eigenvalue weighted by atomic mass is 10.1. The van der Waals surface area contributed by atoms with Gasteiger partial charge in [0.05, 0.1) is 0 Å². The van der Waals surface area contributed by atoms with Crippen LogP contribution in [-0.4, -0.2) is 18.6 Å². The van der Waals surface area contributed by atoms with Crippen LogP contribution in [0.3, 0.4) is 0 Å². The fourth-order valence-electron chi connectivity index (χ4n) is 2.69. The van der Waals surface area contributed by atoms with Gasteiger partial charge in [-0.3, -0.25) is 4.79 Å². The molecule has 0 N–H and O–H groups in total. The number of para-hydroxylation sites is 1. The van der Waals surface area contributed by atoms with Crippen LogP contribution in [0.15, 0.2) is 48.5 Å². The number of hydrogen-bond donors (Lipinski definition) is 0. The molecular weight excluding hydrogens is 377 g/mol. The summed E-state index contributed by atoms with van der Waals surface area (Å²) in [5.41, 5.74) is 2.24. The van der Waals surface area contributed by atoms with E-state index in [1.54, 1.807) is 0 Å². The third-order valence-electron chi connectivity index (χ3n) is 3.65. The number of rotatable bonds is 3. The van der Waals surface area contributed by atoms with Gasteiger partial charge in [-0.2, -0.15) is 0 Å². The van der Waals surface area contributed by atoms with E-state index in [1.165, 1.54) is 5.56 Å². The summed E-state index contributed by atoms with van der Waals surface area (Å²) in [5.74, 6) is 0.731. The zero-order valence-electron chi connectivity index (χ0n) is 11.8. The van der Waals surface area contributed by atoms with Gasteiger partial charge >= 0.3 is 0 Å². The Kier molecular flexibility index (Phi) is 4.14. The maximum Gasteiger partial charge on any atom is 0.265 e. The van der Waals surface area contributed by atoms with E-state index in [9.17, 15) is 4.79 Å². The number of carbonyl (C=O) groups is 1. The Balaban J connectivity index is 1.70. The maximum atomic E-state index is 12.5. The summed E-state index contributed by atoms with van der Waals surface area (Å²) in [7, 11) is 0. The highest BCUT2D eigenvalue weighted by Gasteiger charge is 2.30. The number of benzene rings is 2. The third kappa shape index (κ3) is 3.05. The van der Waals surface area contributed by atoms with Crippen molar-refractivity contribution in [3.63, 3.8) is 0 Å². The van der Waals surface area contributed by atoms with Crippen molar-refractivity contribution in [1.29, 1.82) is 0 Å². The lowest BCUT2D eigenvalue weighted by Crippen LogP contribution is -2.39. The highest BCUT2D eigenvalue weighted by atomic mass is 127. The summed E-state index contributed by atoms with van der Waals surface area (Å²) in [6.07, 6.45) is 0.908. The molecule has 0 radical (unpaired) electrons. The molecular formula is C17H16INO2. The van der Waals surface area contributed by atoms with Gasteiger partial charge in [0.1, 0.15) is 5.75 Å². The molecule has 21 heavy (non-hydrogen) atoms. The number of anilines is 1. The van der Waals surface area contributed by atoms with E-state index < -0.39 is 0 Å². The molecule has 0 unspecified atom stereocenters. The molecule has 1 aliphatic rings. The first-order chi connectivity index (χ1) is 10.1. The standard InChI is InChI=1S/C17H16INO2/c1-12-10-13-4-2-3-5-16(13)19(12)17(20)11-21-15-8-6-14(18)7-9-15/h2-9,12H,10-11H2,1H3/t12-/m1/s1. The predicted molar refractivity (Wildman–Crippen MR) is 91.7 cm³/mol. The Hall–Kier alpha value is -1.56. The number of amides is 1. The SMILES string of the molecule is C[C@@H]1Cc2ccccc2N1C(=O)COc1ccc(I)cc1. The highest BCUT2D eigenvalue weighted by molar-refractivity contribution is 14.1. The minimum absolute atomic E-state index is 0.00556. The lowest BCUT2D eigenvalue weighted by Gasteiger charge is -2.22. The third-order valence-corrected chi connectivity index (χ3v) is 4.37. The fourth-order valence-corrected chi connectivity index (χ4v) is 3.05. The largest absolute Gasteiger partial charge is 0.484 e. The molecule has 0 spiro atoms. The number of halogens is 1. The Morgan fingerprint density at radius 2 is 1.95 bits per heavy atom. The molecule has 0 saturated heterocycles. The Labute approximate surface area is 138 Å². The smallest absolute Gasteiger partial charge is 0.265 e. The summed E-state index contributed by atoms with van der Waals surface area (Å²) in [6.45, 7) is 2.14. The molecule has 4 heteroatoms. The van der Waals surface area contributed by atoms with Gasteiger partial charge in [0.25, 0.3) is 5.91 Å². The second-order valence-electron chi connectivity index (χ2n) is 5.19. The predicted octanol–water partition coefficient (Wildman–Crippen LogP) is 3.65. The van der Waals surface area contributed by atoms with E-state index in [4.69, 9.17) is 4.74 Å². The van der Waals surface area contributed by atoms with Crippen LogP contribution in [0.5, 0.6) is 5.75 Å². The van der Waals surface area contributed by atoms with E-state index >= 15 is 0 Å². The van der Waals surface area contributed by atoms with Crippen molar-refractivity contribution in [2.75, 3.05) is 11.5 Å². The first-order valence-electron chi connectivity index (χ1n) is 6.93. The van der Waals surface area contributed by atoms with Crippen molar-refractivity contribution in [3.8, 4) is 5.75 Å². The van der Waals surface area contributed by atoms with Gasteiger partial charge in [0.2, 0.25) is 0 Å². The summed E-state index contributed by atoms with van der Waals surface area (Å²) in [5, 5.41) is 0. The fraction of sp³-hybridized carbons (Fsp3) is 0.235. The van der Waals surface area contributed by atoms with Crippen molar-refractivity contribution >= 4 is 34.2 Å². The Bertz CT molecular complexity index is 654. The Morgan fingerprint density at radius 1 is 1.24 bits per heavy atom. The molecule has 3 rings (SSSR count). The molecule has 0 saturated carbocycles. The zero-order valence-corrected chi connectivity index (χ0v) is 13.9. The van der Waals surface area contributed by atoms with E-state index in [1.807, 2.05) is 47.4 Å². The van der Waals surface area contributed by atoms with Gasteiger partial charge < -0.3 is 9.64 Å². The number of ether oxygens (including phenoxy) is 1. The van der Waals surface area contributed by atoms with Crippen LogP contribution in [0, 0.1) is 3.57 Å². The molecule has 0 aliphatic carbocycles. The monoisotopic (exact) mass is 393 g/mol. The molecule has 2 aromatic carbocycles. The maximum absolute atomic E-state index is 12.5. The molecule has 1 amide bonds.